The van der Waals surface area contributed by atoms with Crippen molar-refractivity contribution >= 4 is 11.6 Å². The van der Waals surface area contributed by atoms with E-state index in [2.05, 4.69) is 0 Å². The summed E-state index contributed by atoms with van der Waals surface area (Å²) in [5.74, 6) is -2.06. The molecular formula is C10H8ClF2NO2. The van der Waals surface area contributed by atoms with Crippen LogP contribution in [-0.4, -0.2) is 16.3 Å². The largest absolute Gasteiger partial charge is 0.389 e. The van der Waals surface area contributed by atoms with Crippen molar-refractivity contribution in [2.24, 2.45) is 0 Å². The lowest BCUT2D eigenvalue weighted by molar-refractivity contribution is 0.0213. The number of aliphatic hydroxyl groups is 2. The van der Waals surface area contributed by atoms with Gasteiger partial charge in [-0.25, -0.2) is 8.78 Å². The van der Waals surface area contributed by atoms with E-state index in [1.807, 2.05) is 0 Å². The average molecular weight is 248 g/mol. The maximum absolute atomic E-state index is 13.0. The summed E-state index contributed by atoms with van der Waals surface area (Å²) >= 11 is 5.25. The smallest absolute Gasteiger partial charge is 0.145 e. The van der Waals surface area contributed by atoms with Crippen LogP contribution in [0.4, 0.5) is 8.78 Å². The lowest BCUT2D eigenvalue weighted by atomic mass is 10.0. The topological polar surface area (TPSA) is 64.2 Å². The quantitative estimate of drug-likeness (QED) is 0.802. The molecule has 0 aliphatic heterocycles. The van der Waals surface area contributed by atoms with Gasteiger partial charge in [-0.2, -0.15) is 5.26 Å². The molecule has 86 valence electrons. The molecule has 0 aliphatic carbocycles. The minimum absolute atomic E-state index is 0.165. The maximum atomic E-state index is 13.0. The Balaban J connectivity index is 3.01. The second-order valence-corrected chi connectivity index (χ2v) is 3.55. The molecule has 0 aromatic heterocycles. The van der Waals surface area contributed by atoms with Crippen molar-refractivity contribution in [3.63, 3.8) is 0 Å². The zero-order valence-electron chi connectivity index (χ0n) is 7.99. The Morgan fingerprint density at radius 3 is 2.25 bits per heavy atom. The van der Waals surface area contributed by atoms with Gasteiger partial charge in [0.05, 0.1) is 18.6 Å². The van der Waals surface area contributed by atoms with Crippen molar-refractivity contribution in [2.75, 3.05) is 0 Å². The van der Waals surface area contributed by atoms with E-state index in [4.69, 9.17) is 16.9 Å². The second-order valence-electron chi connectivity index (χ2n) is 3.17. The molecule has 0 aliphatic rings. The number of nitriles is 1. The molecule has 1 rings (SSSR count). The van der Waals surface area contributed by atoms with Crippen LogP contribution in [0.5, 0.6) is 0 Å². The molecular weight excluding hydrogens is 240 g/mol. The molecule has 1 aromatic rings. The van der Waals surface area contributed by atoms with Gasteiger partial charge in [-0.15, -0.1) is 0 Å². The molecule has 2 atom stereocenters. The van der Waals surface area contributed by atoms with Gasteiger partial charge in [0.25, 0.3) is 0 Å². The summed E-state index contributed by atoms with van der Waals surface area (Å²) in [5, 5.41) is 26.4. The number of hydrogen-bond acceptors (Lipinski definition) is 3. The van der Waals surface area contributed by atoms with E-state index in [9.17, 15) is 19.0 Å². The van der Waals surface area contributed by atoms with Gasteiger partial charge in [0.15, 0.2) is 0 Å². The monoisotopic (exact) mass is 247 g/mol. The molecule has 16 heavy (non-hydrogen) atoms. The standard InChI is InChI=1S/C10H8ClF2NO2/c11-9-6(12)3-5(4-7(9)13)10(16)8(15)1-2-14/h3-4,8,10,15-16H,1H2. The van der Waals surface area contributed by atoms with E-state index in [0.717, 1.165) is 12.1 Å². The number of halogens is 3. The highest BCUT2D eigenvalue weighted by atomic mass is 35.5. The Morgan fingerprint density at radius 1 is 1.31 bits per heavy atom. The molecule has 2 N–H and O–H groups in total. The van der Waals surface area contributed by atoms with E-state index in [-0.39, 0.29) is 12.0 Å². The van der Waals surface area contributed by atoms with Crippen LogP contribution in [0, 0.1) is 23.0 Å². The number of benzene rings is 1. The number of hydrogen-bond donors (Lipinski definition) is 2. The minimum atomic E-state index is -1.53. The Kier molecular flexibility index (Phi) is 4.19. The van der Waals surface area contributed by atoms with Gasteiger partial charge < -0.3 is 10.2 Å². The fourth-order valence-corrected chi connectivity index (χ4v) is 1.28. The lowest BCUT2D eigenvalue weighted by Crippen LogP contribution is -2.17. The average Bonchev–Trinajstić information content (AvgIpc) is 2.24. The Morgan fingerprint density at radius 2 is 1.81 bits per heavy atom. The van der Waals surface area contributed by atoms with Crippen molar-refractivity contribution in [3.05, 3.63) is 34.4 Å². The van der Waals surface area contributed by atoms with Crippen LogP contribution in [-0.2, 0) is 0 Å². The van der Waals surface area contributed by atoms with E-state index in [1.165, 1.54) is 0 Å². The molecule has 1 aromatic carbocycles. The Bertz CT molecular complexity index is 410. The lowest BCUT2D eigenvalue weighted by Gasteiger charge is -2.15. The first kappa shape index (κ1) is 12.8. The van der Waals surface area contributed by atoms with Gasteiger partial charge in [0.2, 0.25) is 0 Å². The van der Waals surface area contributed by atoms with Crippen LogP contribution >= 0.6 is 11.6 Å². The SMILES string of the molecule is N#CCC(O)C(O)c1cc(F)c(Cl)c(F)c1. The highest BCUT2D eigenvalue weighted by molar-refractivity contribution is 6.30. The molecule has 0 saturated carbocycles. The summed E-state index contributed by atoms with van der Waals surface area (Å²) in [4.78, 5) is 0. The maximum Gasteiger partial charge on any atom is 0.145 e. The van der Waals surface area contributed by atoms with Gasteiger partial charge in [0.1, 0.15) is 22.8 Å². The second kappa shape index (κ2) is 5.21. The predicted molar refractivity (Wildman–Crippen MR) is 52.6 cm³/mol. The van der Waals surface area contributed by atoms with E-state index >= 15 is 0 Å². The first-order valence-corrected chi connectivity index (χ1v) is 4.72. The van der Waals surface area contributed by atoms with Crippen LogP contribution < -0.4 is 0 Å². The summed E-state index contributed by atoms with van der Waals surface area (Å²) in [6, 6.07) is 3.27. The molecule has 0 heterocycles. The third-order valence-electron chi connectivity index (χ3n) is 2.01. The number of rotatable bonds is 3. The molecule has 0 radical (unpaired) electrons. The van der Waals surface area contributed by atoms with Crippen LogP contribution in [0.25, 0.3) is 0 Å². The first-order chi connectivity index (χ1) is 7.47. The molecule has 6 heteroatoms. The van der Waals surface area contributed by atoms with Gasteiger partial charge in [0, 0.05) is 0 Å². The van der Waals surface area contributed by atoms with E-state index in [1.54, 1.807) is 6.07 Å². The molecule has 0 spiro atoms. The minimum Gasteiger partial charge on any atom is -0.389 e. The summed E-state index contributed by atoms with van der Waals surface area (Å²) in [6.07, 6.45) is -3.27. The molecule has 0 bridgehead atoms. The predicted octanol–water partition coefficient (Wildman–Crippen LogP) is 1.93. The fraction of sp³-hybridized carbons (Fsp3) is 0.300. The van der Waals surface area contributed by atoms with Gasteiger partial charge >= 0.3 is 0 Å². The molecule has 0 fully saturated rings. The Labute approximate surface area is 95.5 Å². The van der Waals surface area contributed by atoms with Crippen LogP contribution in [0.2, 0.25) is 5.02 Å². The summed E-state index contributed by atoms with van der Waals surface area (Å²) < 4.78 is 26.0. The number of aliphatic hydroxyl groups excluding tert-OH is 2. The third-order valence-corrected chi connectivity index (χ3v) is 2.37. The molecule has 2 unspecified atom stereocenters. The van der Waals surface area contributed by atoms with E-state index < -0.39 is 28.9 Å². The first-order valence-electron chi connectivity index (χ1n) is 4.35. The van der Waals surface area contributed by atoms with Crippen molar-refractivity contribution in [1.82, 2.24) is 0 Å². The van der Waals surface area contributed by atoms with Crippen LogP contribution in [0.15, 0.2) is 12.1 Å². The highest BCUT2D eigenvalue weighted by Crippen LogP contribution is 2.26. The Hall–Kier alpha value is -1.22. The third kappa shape index (κ3) is 2.67. The summed E-state index contributed by atoms with van der Waals surface area (Å²) in [7, 11) is 0. The summed E-state index contributed by atoms with van der Waals surface area (Å²) in [6.45, 7) is 0. The normalized spacial score (nSPS) is 14.2. The molecule has 3 nitrogen and oxygen atoms in total. The highest BCUT2D eigenvalue weighted by Gasteiger charge is 2.21. The van der Waals surface area contributed by atoms with E-state index in [0.29, 0.717) is 0 Å². The van der Waals surface area contributed by atoms with Gasteiger partial charge in [-0.05, 0) is 17.7 Å². The zero-order chi connectivity index (χ0) is 12.3. The molecule has 0 saturated heterocycles. The van der Waals surface area contributed by atoms with Gasteiger partial charge in [-0.1, -0.05) is 11.6 Å². The fourth-order valence-electron chi connectivity index (χ4n) is 1.17. The van der Waals surface area contributed by atoms with Crippen molar-refractivity contribution < 1.29 is 19.0 Å². The zero-order valence-corrected chi connectivity index (χ0v) is 8.75. The van der Waals surface area contributed by atoms with Gasteiger partial charge in [-0.3, -0.25) is 0 Å². The number of nitrogens with zero attached hydrogens (tertiary/aromatic N) is 1. The summed E-state index contributed by atoms with van der Waals surface area (Å²) in [5.41, 5.74) is -0.165. The van der Waals surface area contributed by atoms with Crippen molar-refractivity contribution in [3.8, 4) is 6.07 Å². The molecule has 0 amide bonds. The van der Waals surface area contributed by atoms with Crippen LogP contribution in [0.1, 0.15) is 18.1 Å². The van der Waals surface area contributed by atoms with Crippen LogP contribution in [0.3, 0.4) is 0 Å². The van der Waals surface area contributed by atoms with Crippen molar-refractivity contribution in [2.45, 2.75) is 18.6 Å². The van der Waals surface area contributed by atoms with Crippen molar-refractivity contribution in [1.29, 1.82) is 5.26 Å².